The van der Waals surface area contributed by atoms with E-state index in [0.29, 0.717) is 17.7 Å². The monoisotopic (exact) mass is 387 g/mol. The molecule has 0 saturated heterocycles. The summed E-state index contributed by atoms with van der Waals surface area (Å²) in [6.45, 7) is 1.98. The third-order valence-electron chi connectivity index (χ3n) is 4.34. The molecule has 138 valence electrons. The van der Waals surface area contributed by atoms with Gasteiger partial charge in [-0.15, -0.1) is 11.3 Å². The standard InChI is InChI=1S/C22H17N3O2S/c1-14(26)16-5-2-6-18(10-16)22-25-19-8-7-17(11-20(19)28-22)21(27)24-13-15-4-3-9-23-12-15/h2-12H,13H2,1H3,(H,24,27). The van der Waals surface area contributed by atoms with Gasteiger partial charge in [0, 0.05) is 35.6 Å². The molecule has 0 unspecified atom stereocenters. The normalized spacial score (nSPS) is 10.8. The van der Waals surface area contributed by atoms with Gasteiger partial charge in [0.15, 0.2) is 5.78 Å². The van der Waals surface area contributed by atoms with Crippen molar-refractivity contribution in [1.29, 1.82) is 0 Å². The van der Waals surface area contributed by atoms with Crippen molar-refractivity contribution in [1.82, 2.24) is 15.3 Å². The first-order valence-electron chi connectivity index (χ1n) is 8.79. The summed E-state index contributed by atoms with van der Waals surface area (Å²) in [4.78, 5) is 32.8. The van der Waals surface area contributed by atoms with E-state index in [1.807, 2.05) is 42.5 Å². The Bertz CT molecular complexity index is 1170. The Hall–Kier alpha value is -3.38. The predicted octanol–water partition coefficient (Wildman–Crippen LogP) is 4.49. The Morgan fingerprint density at radius 1 is 1.04 bits per heavy atom. The summed E-state index contributed by atoms with van der Waals surface area (Å²) in [6.07, 6.45) is 3.43. The van der Waals surface area contributed by atoms with Crippen LogP contribution >= 0.6 is 11.3 Å². The number of hydrogen-bond donors (Lipinski definition) is 1. The van der Waals surface area contributed by atoms with Crippen LogP contribution in [0, 0.1) is 0 Å². The van der Waals surface area contributed by atoms with Crippen LogP contribution < -0.4 is 5.32 Å². The van der Waals surface area contributed by atoms with E-state index in [9.17, 15) is 9.59 Å². The summed E-state index contributed by atoms with van der Waals surface area (Å²) >= 11 is 1.50. The van der Waals surface area contributed by atoms with Crippen LogP contribution in [0.25, 0.3) is 20.8 Å². The van der Waals surface area contributed by atoms with E-state index >= 15 is 0 Å². The number of amides is 1. The zero-order valence-corrected chi connectivity index (χ0v) is 16.0. The third kappa shape index (κ3) is 3.82. The molecule has 4 aromatic rings. The summed E-state index contributed by atoms with van der Waals surface area (Å²) in [5.74, 6) is -0.116. The molecule has 1 amide bonds. The molecule has 4 rings (SSSR count). The minimum atomic E-state index is -0.140. The number of carbonyl (C=O) groups excluding carboxylic acids is 2. The molecule has 0 bridgehead atoms. The molecule has 0 aliphatic carbocycles. The maximum Gasteiger partial charge on any atom is 0.251 e. The second-order valence-corrected chi connectivity index (χ2v) is 7.41. The van der Waals surface area contributed by atoms with Crippen molar-refractivity contribution < 1.29 is 9.59 Å². The molecule has 0 radical (unpaired) electrons. The van der Waals surface area contributed by atoms with E-state index in [1.54, 1.807) is 31.5 Å². The van der Waals surface area contributed by atoms with E-state index in [0.717, 1.165) is 26.4 Å². The molecule has 2 heterocycles. The fraction of sp³-hybridized carbons (Fsp3) is 0.0909. The van der Waals surface area contributed by atoms with Gasteiger partial charge in [-0.25, -0.2) is 4.98 Å². The molecular formula is C22H17N3O2S. The van der Waals surface area contributed by atoms with Gasteiger partial charge in [-0.2, -0.15) is 0 Å². The number of rotatable bonds is 5. The molecule has 5 nitrogen and oxygen atoms in total. The Morgan fingerprint density at radius 3 is 2.71 bits per heavy atom. The molecule has 0 spiro atoms. The zero-order chi connectivity index (χ0) is 19.5. The van der Waals surface area contributed by atoms with Crippen LogP contribution in [0.5, 0.6) is 0 Å². The maximum atomic E-state index is 12.5. The van der Waals surface area contributed by atoms with Crippen LogP contribution in [0.1, 0.15) is 33.2 Å². The third-order valence-corrected chi connectivity index (χ3v) is 5.41. The number of carbonyl (C=O) groups is 2. The van der Waals surface area contributed by atoms with Gasteiger partial charge >= 0.3 is 0 Å². The molecule has 0 aliphatic rings. The van der Waals surface area contributed by atoms with E-state index in [1.165, 1.54) is 11.3 Å². The number of thiazole rings is 1. The average Bonchev–Trinajstić information content (AvgIpc) is 3.16. The quantitative estimate of drug-likeness (QED) is 0.512. The van der Waals surface area contributed by atoms with E-state index in [2.05, 4.69) is 15.3 Å². The number of benzene rings is 2. The van der Waals surface area contributed by atoms with Crippen LogP contribution in [-0.2, 0) is 6.54 Å². The second kappa shape index (κ2) is 7.70. The van der Waals surface area contributed by atoms with Crippen molar-refractivity contribution >= 4 is 33.2 Å². The van der Waals surface area contributed by atoms with Gasteiger partial charge in [-0.3, -0.25) is 14.6 Å². The van der Waals surface area contributed by atoms with Gasteiger partial charge in [0.2, 0.25) is 0 Å². The first kappa shape index (κ1) is 18.0. The number of aromatic nitrogens is 2. The van der Waals surface area contributed by atoms with E-state index in [4.69, 9.17) is 0 Å². The highest BCUT2D eigenvalue weighted by molar-refractivity contribution is 7.21. The number of ketones is 1. The lowest BCUT2D eigenvalue weighted by Crippen LogP contribution is -2.22. The van der Waals surface area contributed by atoms with Crippen molar-refractivity contribution in [3.63, 3.8) is 0 Å². The number of fused-ring (bicyclic) bond motifs is 1. The molecule has 2 aromatic carbocycles. The SMILES string of the molecule is CC(=O)c1cccc(-c2nc3ccc(C(=O)NCc4cccnc4)cc3s2)c1. The highest BCUT2D eigenvalue weighted by atomic mass is 32.1. The number of nitrogens with zero attached hydrogens (tertiary/aromatic N) is 2. The Kier molecular flexibility index (Phi) is 4.95. The molecule has 1 N–H and O–H groups in total. The minimum Gasteiger partial charge on any atom is -0.348 e. The minimum absolute atomic E-state index is 0.0236. The van der Waals surface area contributed by atoms with Crippen LogP contribution in [0.15, 0.2) is 67.0 Å². The van der Waals surface area contributed by atoms with Gasteiger partial charge in [-0.1, -0.05) is 24.3 Å². The lowest BCUT2D eigenvalue weighted by molar-refractivity contribution is 0.0950. The molecule has 28 heavy (non-hydrogen) atoms. The number of hydrogen-bond acceptors (Lipinski definition) is 5. The lowest BCUT2D eigenvalue weighted by atomic mass is 10.1. The summed E-state index contributed by atoms with van der Waals surface area (Å²) < 4.78 is 0.928. The number of Topliss-reactive ketones (excluding diaryl/α,β-unsaturated/α-hetero) is 1. The van der Waals surface area contributed by atoms with Gasteiger partial charge in [0.25, 0.3) is 5.91 Å². The molecule has 0 fully saturated rings. The molecular weight excluding hydrogens is 370 g/mol. The Balaban J connectivity index is 1.57. The van der Waals surface area contributed by atoms with Gasteiger partial charge in [0.05, 0.1) is 10.2 Å². The molecule has 0 aliphatic heterocycles. The van der Waals surface area contributed by atoms with Crippen molar-refractivity contribution in [3.05, 3.63) is 83.7 Å². The van der Waals surface area contributed by atoms with Gasteiger partial charge in [0.1, 0.15) is 5.01 Å². The van der Waals surface area contributed by atoms with Crippen molar-refractivity contribution in [3.8, 4) is 10.6 Å². The molecule has 6 heteroatoms. The van der Waals surface area contributed by atoms with E-state index in [-0.39, 0.29) is 11.7 Å². The predicted molar refractivity (Wildman–Crippen MR) is 110 cm³/mol. The highest BCUT2D eigenvalue weighted by Crippen LogP contribution is 2.31. The topological polar surface area (TPSA) is 72.0 Å². The molecule has 0 saturated carbocycles. The van der Waals surface area contributed by atoms with Crippen LogP contribution in [0.3, 0.4) is 0 Å². The summed E-state index contributed by atoms with van der Waals surface area (Å²) in [5.41, 5.74) is 3.92. The van der Waals surface area contributed by atoms with Gasteiger partial charge < -0.3 is 5.32 Å². The summed E-state index contributed by atoms with van der Waals surface area (Å²) in [5, 5.41) is 3.73. The van der Waals surface area contributed by atoms with Crippen molar-refractivity contribution in [2.24, 2.45) is 0 Å². The van der Waals surface area contributed by atoms with Crippen molar-refractivity contribution in [2.45, 2.75) is 13.5 Å². The average molecular weight is 387 g/mol. The maximum absolute atomic E-state index is 12.5. The highest BCUT2D eigenvalue weighted by Gasteiger charge is 2.11. The smallest absolute Gasteiger partial charge is 0.251 e. The first-order valence-corrected chi connectivity index (χ1v) is 9.61. The largest absolute Gasteiger partial charge is 0.348 e. The van der Waals surface area contributed by atoms with Gasteiger partial charge in [-0.05, 0) is 42.8 Å². The van der Waals surface area contributed by atoms with Crippen molar-refractivity contribution in [2.75, 3.05) is 0 Å². The summed E-state index contributed by atoms with van der Waals surface area (Å²) in [6, 6.07) is 16.7. The Morgan fingerprint density at radius 2 is 1.93 bits per heavy atom. The molecule has 2 aromatic heterocycles. The Labute approximate surface area is 166 Å². The number of pyridine rings is 1. The lowest BCUT2D eigenvalue weighted by Gasteiger charge is -2.04. The number of nitrogens with one attached hydrogen (secondary N) is 1. The summed E-state index contributed by atoms with van der Waals surface area (Å²) in [7, 11) is 0. The fourth-order valence-corrected chi connectivity index (χ4v) is 3.85. The fourth-order valence-electron chi connectivity index (χ4n) is 2.85. The van der Waals surface area contributed by atoms with Crippen LogP contribution in [-0.4, -0.2) is 21.7 Å². The zero-order valence-electron chi connectivity index (χ0n) is 15.2. The van der Waals surface area contributed by atoms with E-state index < -0.39 is 0 Å². The van der Waals surface area contributed by atoms with Crippen LogP contribution in [0.4, 0.5) is 0 Å². The first-order chi connectivity index (χ1) is 13.6. The molecule has 0 atom stereocenters. The van der Waals surface area contributed by atoms with Crippen LogP contribution in [0.2, 0.25) is 0 Å². The second-order valence-electron chi connectivity index (χ2n) is 6.38.